The molecule has 11 fully saturated rings. The molecule has 23 atom stereocenters. The topological polar surface area (TPSA) is 137 Å². The Balaban J connectivity index is 0.750. The van der Waals surface area contributed by atoms with Crippen LogP contribution in [0.1, 0.15) is 137 Å². The van der Waals surface area contributed by atoms with Crippen LogP contribution in [-0.2, 0) is 61.6 Å². The summed E-state index contributed by atoms with van der Waals surface area (Å²) < 4.78 is 87.5. The van der Waals surface area contributed by atoms with Gasteiger partial charge in [0.25, 0.3) is 0 Å². The average molecular weight is 949 g/mol. The Morgan fingerprint density at radius 3 is 2.29 bits per heavy atom. The van der Waals surface area contributed by atoms with Gasteiger partial charge in [0.1, 0.15) is 42.4 Å². The molecule has 1 spiro atoms. The minimum absolute atomic E-state index is 0.00683. The van der Waals surface area contributed by atoms with Crippen molar-refractivity contribution >= 4 is 5.97 Å². The van der Waals surface area contributed by atoms with Crippen LogP contribution in [0.5, 0.6) is 5.75 Å². The first-order valence-electron chi connectivity index (χ1n) is 26.3. The van der Waals surface area contributed by atoms with E-state index in [1.54, 1.807) is 7.11 Å². The minimum Gasteiger partial charge on any atom is -0.497 e. The van der Waals surface area contributed by atoms with E-state index in [4.69, 9.17) is 61.6 Å². The van der Waals surface area contributed by atoms with Crippen LogP contribution >= 0.6 is 0 Å². The lowest BCUT2D eigenvalue weighted by Crippen LogP contribution is -2.62. The molecular formula is C54H76O14. The van der Waals surface area contributed by atoms with Crippen LogP contribution in [0.4, 0.5) is 0 Å². The zero-order valence-electron chi connectivity index (χ0n) is 41.3. The smallest absolute Gasteiger partial charge is 0.303 e. The van der Waals surface area contributed by atoms with E-state index in [9.17, 15) is 4.79 Å². The van der Waals surface area contributed by atoms with Crippen LogP contribution in [-0.4, -0.2) is 128 Å². The van der Waals surface area contributed by atoms with E-state index < -0.39 is 48.4 Å². The number of esters is 1. The van der Waals surface area contributed by atoms with Crippen molar-refractivity contribution in [3.8, 4) is 5.75 Å². The minimum atomic E-state index is -1.21. The molecule has 14 heteroatoms. The molecule has 0 aromatic heterocycles. The maximum atomic E-state index is 12.5. The summed E-state index contributed by atoms with van der Waals surface area (Å²) in [4.78, 5) is 12.5. The summed E-state index contributed by atoms with van der Waals surface area (Å²) in [5.41, 5.74) is 3.02. The monoisotopic (exact) mass is 949 g/mol. The molecule has 0 saturated carbocycles. The fourth-order valence-electron chi connectivity index (χ4n) is 13.9. The van der Waals surface area contributed by atoms with Crippen LogP contribution in [0.3, 0.4) is 0 Å². The number of benzene rings is 1. The van der Waals surface area contributed by atoms with Crippen LogP contribution in [0.2, 0.25) is 0 Å². The van der Waals surface area contributed by atoms with Gasteiger partial charge in [0, 0.05) is 31.2 Å². The van der Waals surface area contributed by atoms with Gasteiger partial charge in [0.15, 0.2) is 12.4 Å². The molecule has 0 radical (unpaired) electrons. The second-order valence-electron chi connectivity index (χ2n) is 22.0. The molecule has 11 saturated heterocycles. The second-order valence-corrected chi connectivity index (χ2v) is 22.0. The third-order valence-corrected chi connectivity index (χ3v) is 17.5. The zero-order chi connectivity index (χ0) is 47.2. The van der Waals surface area contributed by atoms with Gasteiger partial charge in [-0.15, -0.1) is 0 Å². The van der Waals surface area contributed by atoms with E-state index in [-0.39, 0.29) is 91.1 Å². The number of hydrogen-bond donors (Lipinski definition) is 0. The van der Waals surface area contributed by atoms with Crippen molar-refractivity contribution in [3.63, 3.8) is 0 Å². The van der Waals surface area contributed by atoms with Crippen LogP contribution in [0.15, 0.2) is 48.6 Å². The van der Waals surface area contributed by atoms with Gasteiger partial charge >= 0.3 is 5.97 Å². The molecule has 5 unspecified atom stereocenters. The Kier molecular flexibility index (Phi) is 13.3. The Morgan fingerprint density at radius 2 is 1.53 bits per heavy atom. The fraction of sp³-hybridized carbons (Fsp3) is 0.796. The maximum absolute atomic E-state index is 12.5. The summed E-state index contributed by atoms with van der Waals surface area (Å²) in [5.74, 6) is -1.29. The molecule has 1 aromatic carbocycles. The molecule has 12 rings (SSSR count). The van der Waals surface area contributed by atoms with Gasteiger partial charge < -0.3 is 61.6 Å². The van der Waals surface area contributed by atoms with E-state index >= 15 is 0 Å². The number of fused-ring (bicyclic) bond motifs is 2. The van der Waals surface area contributed by atoms with Crippen LogP contribution in [0, 0.1) is 17.8 Å². The molecule has 0 amide bonds. The molecule has 1 aromatic rings. The summed E-state index contributed by atoms with van der Waals surface area (Å²) in [6.07, 6.45) is 6.21. The third kappa shape index (κ3) is 8.35. The van der Waals surface area contributed by atoms with Crippen molar-refractivity contribution in [3.05, 3.63) is 54.1 Å². The molecular weight excluding hydrogens is 873 g/mol. The first-order valence-corrected chi connectivity index (χ1v) is 26.3. The van der Waals surface area contributed by atoms with E-state index in [0.29, 0.717) is 25.2 Å². The van der Waals surface area contributed by atoms with E-state index in [1.807, 2.05) is 24.3 Å². The number of carbonyl (C=O) groups is 1. The Hall–Kier alpha value is -2.47. The zero-order valence-corrected chi connectivity index (χ0v) is 41.3. The third-order valence-electron chi connectivity index (χ3n) is 17.5. The number of rotatable bonds is 14. The molecule has 11 heterocycles. The van der Waals surface area contributed by atoms with E-state index in [1.165, 1.54) is 6.92 Å². The first-order chi connectivity index (χ1) is 32.8. The standard InChI is InChI=1S/C54H76O14/c1-10-12-38-29(5)25-42-45(62-38)31(7)44(57-32(8)55)43(61-42)26-41-30(6)27(3)23-36(59-41)18-19-39-28(4)24-37(58-39)21-22-53-52-54(68-51(64-52)33-13-15-35(56-9)16-14-33)50(67-53)49-48(66-54)47(65-53)46-40(63-49)20-17-34(11-2)60-46/h13-16,27,29,31,34,36-52H,4,6,10-12,17-26H2,1-3,5,7-9H3/t27-,29-,31-,34+,36+,37?,38-,39?,40+,41?,42+,43+,44-,45+,46+,47?,48+,49-,50?,51+,52+,53-,54-/m1/s1. The summed E-state index contributed by atoms with van der Waals surface area (Å²) in [6.45, 7) is 21.5. The summed E-state index contributed by atoms with van der Waals surface area (Å²) >= 11 is 0. The Bertz CT molecular complexity index is 2010. The molecule has 0 aliphatic carbocycles. The van der Waals surface area contributed by atoms with E-state index in [0.717, 1.165) is 86.7 Å². The van der Waals surface area contributed by atoms with Gasteiger partial charge in [-0.3, -0.25) is 4.79 Å². The van der Waals surface area contributed by atoms with Crippen molar-refractivity contribution in [1.29, 1.82) is 0 Å². The second kappa shape index (κ2) is 18.9. The molecule has 6 bridgehead atoms. The number of carbonyl (C=O) groups excluding carboxylic acids is 1. The lowest BCUT2D eigenvalue weighted by Gasteiger charge is -2.51. The summed E-state index contributed by atoms with van der Waals surface area (Å²) in [5, 5.41) is 0. The highest BCUT2D eigenvalue weighted by Gasteiger charge is 2.83. The van der Waals surface area contributed by atoms with Gasteiger partial charge in [0.2, 0.25) is 11.6 Å². The number of methoxy groups -OCH3 is 1. The Morgan fingerprint density at radius 1 is 0.735 bits per heavy atom. The van der Waals surface area contributed by atoms with Crippen LogP contribution < -0.4 is 4.74 Å². The number of hydrogen-bond acceptors (Lipinski definition) is 14. The molecule has 0 N–H and O–H groups in total. The van der Waals surface area contributed by atoms with Crippen molar-refractivity contribution in [2.75, 3.05) is 7.11 Å². The predicted molar refractivity (Wildman–Crippen MR) is 246 cm³/mol. The molecule has 68 heavy (non-hydrogen) atoms. The van der Waals surface area contributed by atoms with Crippen molar-refractivity contribution < 1.29 is 66.4 Å². The molecule has 14 nitrogen and oxygen atoms in total. The molecule has 11 aliphatic rings. The highest BCUT2D eigenvalue weighted by Crippen LogP contribution is 2.64. The predicted octanol–water partition coefficient (Wildman–Crippen LogP) is 8.37. The fourth-order valence-corrected chi connectivity index (χ4v) is 13.9. The van der Waals surface area contributed by atoms with Gasteiger partial charge in [-0.25, -0.2) is 0 Å². The largest absolute Gasteiger partial charge is 0.497 e. The lowest BCUT2D eigenvalue weighted by atomic mass is 9.78. The quantitative estimate of drug-likeness (QED) is 0.130. The normalized spacial score (nSPS) is 49.0. The van der Waals surface area contributed by atoms with Crippen molar-refractivity contribution in [1.82, 2.24) is 0 Å². The first kappa shape index (κ1) is 47.8. The van der Waals surface area contributed by atoms with Crippen molar-refractivity contribution in [2.24, 2.45) is 17.8 Å². The summed E-state index contributed by atoms with van der Waals surface area (Å²) in [6, 6.07) is 7.74. The van der Waals surface area contributed by atoms with E-state index in [2.05, 4.69) is 47.8 Å². The average Bonchev–Trinajstić information content (AvgIpc) is 4.01. The maximum Gasteiger partial charge on any atom is 0.303 e. The van der Waals surface area contributed by atoms with Crippen molar-refractivity contribution in [2.45, 2.75) is 247 Å². The lowest BCUT2D eigenvalue weighted by molar-refractivity contribution is -0.329. The van der Waals surface area contributed by atoms with Gasteiger partial charge in [-0.2, -0.15) is 0 Å². The molecule has 376 valence electrons. The summed E-state index contributed by atoms with van der Waals surface area (Å²) in [7, 11) is 1.65. The highest BCUT2D eigenvalue weighted by molar-refractivity contribution is 5.66. The van der Waals surface area contributed by atoms with Gasteiger partial charge in [-0.05, 0) is 99.3 Å². The SMILES string of the molecule is C=C1CC(CC[C@@]23OC4[C@H]5O[C@@H](CC)CC[C@@H]5O[C@H]5C(O2)[C@]2(O[C@@H](c6ccc(OC)cc6)O[C@@H]32)O[C@@H]45)OC1CC[C@H]1C[C@@H](C)C(=C)C(C[C@@H]2O[C@H]3C[C@@H](C)[C@@H](CCC)O[C@H]3[C@H](C)[C@H]2OC(C)=O)O1. The molecule has 11 aliphatic heterocycles. The van der Waals surface area contributed by atoms with Crippen LogP contribution in [0.25, 0.3) is 0 Å². The van der Waals surface area contributed by atoms with Gasteiger partial charge in [-0.1, -0.05) is 66.3 Å². The number of ether oxygens (including phenoxy) is 13. The highest BCUT2D eigenvalue weighted by atomic mass is 16.9. The van der Waals surface area contributed by atoms with Gasteiger partial charge in [0.05, 0.1) is 68.1 Å². The Labute approximate surface area is 402 Å².